The third-order valence-electron chi connectivity index (χ3n) is 2.66. The lowest BCUT2D eigenvalue weighted by Gasteiger charge is -2.01. The Morgan fingerprint density at radius 1 is 1.37 bits per heavy atom. The van der Waals surface area contributed by atoms with E-state index in [4.69, 9.17) is 0 Å². The summed E-state index contributed by atoms with van der Waals surface area (Å²) in [5, 5.41) is 12.0. The molecule has 2 aromatic heterocycles. The number of halogens is 1. The number of nitrogens with one attached hydrogen (secondary N) is 1. The van der Waals surface area contributed by atoms with Crippen molar-refractivity contribution in [1.82, 2.24) is 20.0 Å². The van der Waals surface area contributed by atoms with E-state index in [1.807, 2.05) is 23.0 Å². The summed E-state index contributed by atoms with van der Waals surface area (Å²) < 4.78 is 4.10. The van der Waals surface area contributed by atoms with Gasteiger partial charge in [-0.15, -0.1) is 5.10 Å². The van der Waals surface area contributed by atoms with Gasteiger partial charge >= 0.3 is 0 Å². The molecule has 3 aromatic rings. The van der Waals surface area contributed by atoms with Gasteiger partial charge in [-0.05, 0) is 24.6 Å². The molecule has 0 bridgehead atoms. The molecule has 0 aliphatic rings. The fraction of sp³-hybridized carbons (Fsp3) is 0.250. The lowest BCUT2D eigenvalue weighted by Crippen LogP contribution is -2.07. The van der Waals surface area contributed by atoms with Crippen LogP contribution in [0.1, 0.15) is 6.42 Å². The van der Waals surface area contributed by atoms with Crippen molar-refractivity contribution >= 4 is 42.6 Å². The highest BCUT2D eigenvalue weighted by Crippen LogP contribution is 2.28. The predicted octanol–water partition coefficient (Wildman–Crippen LogP) is 3.15. The highest BCUT2D eigenvalue weighted by Gasteiger charge is 2.03. The van der Waals surface area contributed by atoms with Crippen LogP contribution in [0, 0.1) is 0 Å². The molecule has 1 aromatic carbocycles. The molecule has 0 atom stereocenters. The van der Waals surface area contributed by atoms with E-state index in [1.54, 1.807) is 17.5 Å². The van der Waals surface area contributed by atoms with Gasteiger partial charge in [0.15, 0.2) is 5.13 Å². The molecule has 0 aliphatic heterocycles. The van der Waals surface area contributed by atoms with E-state index in [0.717, 1.165) is 34.6 Å². The third-order valence-corrected chi connectivity index (χ3v) is 4.13. The Hall–Kier alpha value is -1.47. The van der Waals surface area contributed by atoms with Gasteiger partial charge in [-0.2, -0.15) is 0 Å². The number of aromatic nitrogens is 4. The second kappa shape index (κ2) is 5.66. The number of hydrogen-bond donors (Lipinski definition) is 1. The van der Waals surface area contributed by atoms with Gasteiger partial charge in [-0.3, -0.25) is 4.68 Å². The molecule has 0 aliphatic carbocycles. The molecule has 3 rings (SSSR count). The highest BCUT2D eigenvalue weighted by atomic mass is 79.9. The number of nitrogens with zero attached hydrogens (tertiary/aromatic N) is 4. The number of aryl methyl sites for hydroxylation is 1. The SMILES string of the molecule is Brc1ccc2nc(NCCCn3ccnn3)sc2c1. The maximum atomic E-state index is 4.54. The van der Waals surface area contributed by atoms with Gasteiger partial charge in [0, 0.05) is 23.8 Å². The molecule has 0 unspecified atom stereocenters. The molecular weight excluding hydrogens is 326 g/mol. The summed E-state index contributed by atoms with van der Waals surface area (Å²) >= 11 is 5.14. The average Bonchev–Trinajstić information content (AvgIpc) is 3.02. The van der Waals surface area contributed by atoms with Gasteiger partial charge in [0.05, 0.1) is 16.4 Å². The number of thiazole rings is 1. The lowest BCUT2D eigenvalue weighted by atomic mass is 10.3. The molecule has 1 N–H and O–H groups in total. The second-order valence-corrected chi connectivity index (χ2v) is 6.02. The maximum Gasteiger partial charge on any atom is 0.183 e. The molecule has 0 spiro atoms. The predicted molar refractivity (Wildman–Crippen MR) is 80.4 cm³/mol. The quantitative estimate of drug-likeness (QED) is 0.726. The molecule has 5 nitrogen and oxygen atoms in total. The summed E-state index contributed by atoms with van der Waals surface area (Å²) in [7, 11) is 0. The van der Waals surface area contributed by atoms with E-state index >= 15 is 0 Å². The Labute approximate surface area is 122 Å². The zero-order valence-electron chi connectivity index (χ0n) is 10.1. The first-order valence-corrected chi connectivity index (χ1v) is 7.56. The standard InChI is InChI=1S/C12H12BrN5S/c13-9-2-3-10-11(8-9)19-12(16-10)14-4-1-6-18-7-5-15-17-18/h2-3,5,7-8H,1,4,6H2,(H,14,16). The van der Waals surface area contributed by atoms with Crippen LogP contribution in [0.25, 0.3) is 10.2 Å². The van der Waals surface area contributed by atoms with E-state index in [9.17, 15) is 0 Å². The van der Waals surface area contributed by atoms with Crippen LogP contribution >= 0.6 is 27.3 Å². The van der Waals surface area contributed by atoms with Crippen LogP contribution in [-0.2, 0) is 6.54 Å². The molecule has 0 amide bonds. The molecule has 0 saturated carbocycles. The summed E-state index contributed by atoms with van der Waals surface area (Å²) in [4.78, 5) is 4.54. The zero-order valence-corrected chi connectivity index (χ0v) is 12.5. The van der Waals surface area contributed by atoms with Crippen LogP contribution in [0.3, 0.4) is 0 Å². The van der Waals surface area contributed by atoms with E-state index in [0.29, 0.717) is 0 Å². The summed E-state index contributed by atoms with van der Waals surface area (Å²) in [6, 6.07) is 6.13. The minimum Gasteiger partial charge on any atom is -0.361 e. The molecular formula is C12H12BrN5S. The summed E-state index contributed by atoms with van der Waals surface area (Å²) in [6.07, 6.45) is 4.55. The van der Waals surface area contributed by atoms with E-state index in [1.165, 1.54) is 4.70 Å². The van der Waals surface area contributed by atoms with Crippen molar-refractivity contribution in [2.45, 2.75) is 13.0 Å². The van der Waals surface area contributed by atoms with Gasteiger partial charge in [0.2, 0.25) is 0 Å². The minimum absolute atomic E-state index is 0.865. The van der Waals surface area contributed by atoms with Crippen molar-refractivity contribution in [3.8, 4) is 0 Å². The van der Waals surface area contributed by atoms with Crippen LogP contribution in [0.5, 0.6) is 0 Å². The molecule has 98 valence electrons. The Morgan fingerprint density at radius 3 is 3.16 bits per heavy atom. The van der Waals surface area contributed by atoms with Gasteiger partial charge < -0.3 is 5.32 Å². The molecule has 0 saturated heterocycles. The number of rotatable bonds is 5. The van der Waals surface area contributed by atoms with Crippen LogP contribution in [0.4, 0.5) is 5.13 Å². The normalized spacial score (nSPS) is 11.0. The van der Waals surface area contributed by atoms with Gasteiger partial charge in [0.25, 0.3) is 0 Å². The van der Waals surface area contributed by atoms with E-state index in [2.05, 4.69) is 42.6 Å². The third kappa shape index (κ3) is 3.10. The largest absolute Gasteiger partial charge is 0.361 e. The van der Waals surface area contributed by atoms with Gasteiger partial charge in [-0.1, -0.05) is 32.5 Å². The van der Waals surface area contributed by atoms with Gasteiger partial charge in [0.1, 0.15) is 0 Å². The Bertz CT molecular complexity index is 664. The van der Waals surface area contributed by atoms with Crippen molar-refractivity contribution in [2.75, 3.05) is 11.9 Å². The smallest absolute Gasteiger partial charge is 0.183 e. The first kappa shape index (κ1) is 12.6. The first-order chi connectivity index (χ1) is 9.31. The van der Waals surface area contributed by atoms with Crippen molar-refractivity contribution in [3.05, 3.63) is 35.1 Å². The first-order valence-electron chi connectivity index (χ1n) is 5.95. The van der Waals surface area contributed by atoms with Gasteiger partial charge in [-0.25, -0.2) is 4.98 Å². The molecule has 2 heterocycles. The monoisotopic (exact) mass is 337 g/mol. The summed E-state index contributed by atoms with van der Waals surface area (Å²) in [5.41, 5.74) is 1.03. The molecule has 0 radical (unpaired) electrons. The fourth-order valence-electron chi connectivity index (χ4n) is 1.76. The Kier molecular flexibility index (Phi) is 3.74. The maximum absolute atomic E-state index is 4.54. The number of hydrogen-bond acceptors (Lipinski definition) is 5. The van der Waals surface area contributed by atoms with Crippen LogP contribution in [0.2, 0.25) is 0 Å². The Morgan fingerprint density at radius 2 is 2.32 bits per heavy atom. The number of benzene rings is 1. The molecule has 19 heavy (non-hydrogen) atoms. The lowest BCUT2D eigenvalue weighted by molar-refractivity contribution is 0.570. The van der Waals surface area contributed by atoms with E-state index < -0.39 is 0 Å². The van der Waals surface area contributed by atoms with Crippen LogP contribution < -0.4 is 5.32 Å². The van der Waals surface area contributed by atoms with E-state index in [-0.39, 0.29) is 0 Å². The minimum atomic E-state index is 0.865. The fourth-order valence-corrected chi connectivity index (χ4v) is 3.21. The Balaban J connectivity index is 1.56. The zero-order chi connectivity index (χ0) is 13.1. The average molecular weight is 338 g/mol. The topological polar surface area (TPSA) is 55.6 Å². The van der Waals surface area contributed by atoms with Crippen LogP contribution in [0.15, 0.2) is 35.1 Å². The number of fused-ring (bicyclic) bond motifs is 1. The summed E-state index contributed by atoms with van der Waals surface area (Å²) in [6.45, 7) is 1.74. The van der Waals surface area contributed by atoms with Crippen molar-refractivity contribution in [1.29, 1.82) is 0 Å². The van der Waals surface area contributed by atoms with Crippen molar-refractivity contribution < 1.29 is 0 Å². The molecule has 7 heteroatoms. The highest BCUT2D eigenvalue weighted by molar-refractivity contribution is 9.10. The second-order valence-electron chi connectivity index (χ2n) is 4.08. The molecule has 0 fully saturated rings. The number of anilines is 1. The van der Waals surface area contributed by atoms with Crippen molar-refractivity contribution in [3.63, 3.8) is 0 Å². The summed E-state index contributed by atoms with van der Waals surface area (Å²) in [5.74, 6) is 0. The van der Waals surface area contributed by atoms with Crippen LogP contribution in [-0.4, -0.2) is 26.5 Å². The van der Waals surface area contributed by atoms with Crippen molar-refractivity contribution in [2.24, 2.45) is 0 Å².